The van der Waals surface area contributed by atoms with Crippen LogP contribution in [0.4, 0.5) is 0 Å². The zero-order chi connectivity index (χ0) is 17.8. The Morgan fingerprint density at radius 3 is 2.69 bits per heavy atom. The van der Waals surface area contributed by atoms with Gasteiger partial charge in [0.05, 0.1) is 15.6 Å². The molecule has 0 aliphatic heterocycles. The molecule has 1 aromatic carbocycles. The summed E-state index contributed by atoms with van der Waals surface area (Å²) in [6.07, 6.45) is 0.893. The van der Waals surface area contributed by atoms with E-state index in [-0.39, 0.29) is 0 Å². The minimum atomic E-state index is 0.813. The first-order valence-electron chi connectivity index (χ1n) is 8.40. The highest BCUT2D eigenvalue weighted by Crippen LogP contribution is 2.29. The lowest BCUT2D eigenvalue weighted by molar-refractivity contribution is 0.688. The molecule has 132 valence electrons. The van der Waals surface area contributed by atoms with Crippen molar-refractivity contribution in [3.63, 3.8) is 0 Å². The molecule has 0 fully saturated rings. The summed E-state index contributed by atoms with van der Waals surface area (Å²) in [5, 5.41) is 15.1. The van der Waals surface area contributed by atoms with Gasteiger partial charge in [0.2, 0.25) is 0 Å². The molecule has 0 amide bonds. The summed E-state index contributed by atoms with van der Waals surface area (Å²) < 4.78 is 2.17. The van der Waals surface area contributed by atoms with Crippen LogP contribution in [0.3, 0.4) is 0 Å². The molecular weight excluding hydrogens is 380 g/mol. The van der Waals surface area contributed by atoms with Crippen LogP contribution in [-0.4, -0.2) is 19.7 Å². The topological polar surface area (TPSA) is 43.6 Å². The van der Waals surface area contributed by atoms with E-state index in [0.717, 1.165) is 45.3 Å². The second-order valence-corrected chi connectivity index (χ2v) is 8.54. The van der Waals surface area contributed by atoms with Crippen LogP contribution in [0.15, 0.2) is 58.4 Å². The van der Waals surface area contributed by atoms with E-state index in [4.69, 9.17) is 4.98 Å². The van der Waals surface area contributed by atoms with Gasteiger partial charge in [-0.15, -0.1) is 32.9 Å². The third-order valence-corrected chi connectivity index (χ3v) is 6.69. The predicted molar refractivity (Wildman–Crippen MR) is 110 cm³/mol. The highest BCUT2D eigenvalue weighted by atomic mass is 32.2. The fourth-order valence-electron chi connectivity index (χ4n) is 2.67. The number of nitrogens with zero attached hydrogens (tertiary/aromatic N) is 4. The van der Waals surface area contributed by atoms with Gasteiger partial charge in [-0.3, -0.25) is 0 Å². The number of benzene rings is 1. The SMILES string of the molecule is CCn1c(SCc2csc(Cc3ccccc3)n2)nnc1-c1cccs1. The Kier molecular flexibility index (Phi) is 5.48. The van der Waals surface area contributed by atoms with Gasteiger partial charge in [0.15, 0.2) is 11.0 Å². The summed E-state index contributed by atoms with van der Waals surface area (Å²) in [4.78, 5) is 5.93. The van der Waals surface area contributed by atoms with Gasteiger partial charge in [-0.1, -0.05) is 48.2 Å². The van der Waals surface area contributed by atoms with Crippen molar-refractivity contribution in [1.29, 1.82) is 0 Å². The smallest absolute Gasteiger partial charge is 0.191 e. The van der Waals surface area contributed by atoms with Crippen LogP contribution in [0.5, 0.6) is 0 Å². The number of hydrogen-bond acceptors (Lipinski definition) is 6. The third kappa shape index (κ3) is 3.90. The summed E-state index contributed by atoms with van der Waals surface area (Å²) in [5.41, 5.74) is 2.40. The maximum atomic E-state index is 4.78. The van der Waals surface area contributed by atoms with Crippen molar-refractivity contribution in [3.05, 3.63) is 69.5 Å². The first-order valence-corrected chi connectivity index (χ1v) is 11.1. The summed E-state index contributed by atoms with van der Waals surface area (Å²) in [7, 11) is 0. The van der Waals surface area contributed by atoms with Crippen molar-refractivity contribution in [2.45, 2.75) is 30.8 Å². The summed E-state index contributed by atoms with van der Waals surface area (Å²) in [6.45, 7) is 2.99. The van der Waals surface area contributed by atoms with Crippen molar-refractivity contribution in [2.75, 3.05) is 0 Å². The molecule has 0 atom stereocenters. The number of thiophene rings is 1. The van der Waals surface area contributed by atoms with E-state index >= 15 is 0 Å². The predicted octanol–water partition coefficient (Wildman–Crippen LogP) is 5.37. The van der Waals surface area contributed by atoms with E-state index in [0.29, 0.717) is 0 Å². The van der Waals surface area contributed by atoms with Crippen molar-refractivity contribution in [2.24, 2.45) is 0 Å². The average Bonchev–Trinajstić information content (AvgIpc) is 3.41. The lowest BCUT2D eigenvalue weighted by Gasteiger charge is -2.05. The minimum absolute atomic E-state index is 0.813. The number of aromatic nitrogens is 4. The Morgan fingerprint density at radius 1 is 1.04 bits per heavy atom. The van der Waals surface area contributed by atoms with E-state index in [9.17, 15) is 0 Å². The van der Waals surface area contributed by atoms with E-state index < -0.39 is 0 Å². The highest BCUT2D eigenvalue weighted by molar-refractivity contribution is 7.98. The first kappa shape index (κ1) is 17.5. The maximum Gasteiger partial charge on any atom is 0.191 e. The normalized spacial score (nSPS) is 11.1. The third-order valence-electron chi connectivity index (χ3n) is 3.92. The molecule has 4 aromatic rings. The van der Waals surface area contributed by atoms with Crippen LogP contribution in [0, 0.1) is 0 Å². The van der Waals surface area contributed by atoms with Gasteiger partial charge in [0, 0.05) is 24.1 Å². The highest BCUT2D eigenvalue weighted by Gasteiger charge is 2.14. The molecule has 7 heteroatoms. The first-order chi connectivity index (χ1) is 12.8. The molecule has 0 spiro atoms. The summed E-state index contributed by atoms with van der Waals surface area (Å²) in [6, 6.07) is 14.6. The van der Waals surface area contributed by atoms with E-state index in [1.807, 2.05) is 12.1 Å². The molecule has 3 aromatic heterocycles. The van der Waals surface area contributed by atoms with Gasteiger partial charge >= 0.3 is 0 Å². The molecule has 4 nitrogen and oxygen atoms in total. The number of hydrogen-bond donors (Lipinski definition) is 0. The second kappa shape index (κ2) is 8.16. The Labute approximate surface area is 165 Å². The zero-order valence-corrected chi connectivity index (χ0v) is 16.8. The van der Waals surface area contributed by atoms with Gasteiger partial charge in [0.1, 0.15) is 0 Å². The Bertz CT molecular complexity index is 958. The standard InChI is InChI=1S/C19H18N4S3/c1-2-23-18(16-9-6-10-24-16)21-22-19(23)26-13-15-12-25-17(20-15)11-14-7-4-3-5-8-14/h3-10,12H,2,11,13H2,1H3. The zero-order valence-electron chi connectivity index (χ0n) is 14.3. The lowest BCUT2D eigenvalue weighted by Crippen LogP contribution is -1.99. The van der Waals surface area contributed by atoms with Crippen molar-refractivity contribution >= 4 is 34.4 Å². The van der Waals surface area contributed by atoms with Crippen molar-refractivity contribution < 1.29 is 0 Å². The van der Waals surface area contributed by atoms with E-state index in [1.54, 1.807) is 34.4 Å². The van der Waals surface area contributed by atoms with Gasteiger partial charge < -0.3 is 4.57 Å². The maximum absolute atomic E-state index is 4.78. The van der Waals surface area contributed by atoms with E-state index in [2.05, 4.69) is 62.8 Å². The number of thioether (sulfide) groups is 1. The van der Waals surface area contributed by atoms with Crippen LogP contribution in [-0.2, 0) is 18.7 Å². The van der Waals surface area contributed by atoms with Crippen molar-refractivity contribution in [3.8, 4) is 10.7 Å². The second-order valence-electron chi connectivity index (χ2n) is 5.71. The fraction of sp³-hybridized carbons (Fsp3) is 0.211. The molecule has 0 bridgehead atoms. The molecule has 0 unspecified atom stereocenters. The van der Waals surface area contributed by atoms with Crippen LogP contribution in [0.1, 0.15) is 23.2 Å². The van der Waals surface area contributed by atoms with Gasteiger partial charge in [-0.05, 0) is 23.9 Å². The van der Waals surface area contributed by atoms with Crippen LogP contribution < -0.4 is 0 Å². The summed E-state index contributed by atoms with van der Waals surface area (Å²) in [5.74, 6) is 1.77. The monoisotopic (exact) mass is 398 g/mol. The molecule has 0 N–H and O–H groups in total. The molecule has 4 rings (SSSR count). The minimum Gasteiger partial charge on any atom is -0.302 e. The molecule has 0 aliphatic rings. The van der Waals surface area contributed by atoms with Gasteiger partial charge in [-0.2, -0.15) is 0 Å². The molecule has 0 aliphatic carbocycles. The largest absolute Gasteiger partial charge is 0.302 e. The lowest BCUT2D eigenvalue weighted by atomic mass is 10.2. The Hall–Kier alpha value is -1.96. The summed E-state index contributed by atoms with van der Waals surface area (Å²) >= 11 is 5.12. The fourth-order valence-corrected chi connectivity index (χ4v) is 5.22. The van der Waals surface area contributed by atoms with Crippen LogP contribution in [0.25, 0.3) is 10.7 Å². The van der Waals surface area contributed by atoms with Gasteiger partial charge in [-0.25, -0.2) is 4.98 Å². The Morgan fingerprint density at radius 2 is 1.92 bits per heavy atom. The van der Waals surface area contributed by atoms with Crippen LogP contribution >= 0.6 is 34.4 Å². The average molecular weight is 399 g/mol. The van der Waals surface area contributed by atoms with E-state index in [1.165, 1.54) is 5.56 Å². The Balaban J connectivity index is 1.43. The van der Waals surface area contributed by atoms with Gasteiger partial charge in [0.25, 0.3) is 0 Å². The molecule has 0 radical (unpaired) electrons. The molecule has 26 heavy (non-hydrogen) atoms. The number of thiazole rings is 1. The van der Waals surface area contributed by atoms with Crippen LogP contribution in [0.2, 0.25) is 0 Å². The van der Waals surface area contributed by atoms with Crippen molar-refractivity contribution in [1.82, 2.24) is 19.7 Å². The molecule has 3 heterocycles. The quantitative estimate of drug-likeness (QED) is 0.393. The number of rotatable bonds is 7. The molecule has 0 saturated heterocycles. The molecule has 0 saturated carbocycles. The molecular formula is C19H18N4S3.